The van der Waals surface area contributed by atoms with E-state index in [9.17, 15) is 10.2 Å². The molecule has 2 N–H and O–H groups in total. The second-order valence-corrected chi connectivity index (χ2v) is 9.64. The fourth-order valence-electron chi connectivity index (χ4n) is 5.95. The number of aliphatic hydroxyl groups is 2. The van der Waals surface area contributed by atoms with E-state index in [4.69, 9.17) is 9.26 Å². The highest BCUT2D eigenvalue weighted by Gasteiger charge is 2.54. The smallest absolute Gasteiger partial charge is 0.240 e. The summed E-state index contributed by atoms with van der Waals surface area (Å²) in [5.41, 5.74) is 1.06. The number of hydrogen-bond acceptors (Lipinski definition) is 7. The molecule has 184 valence electrons. The van der Waals surface area contributed by atoms with E-state index in [0.717, 1.165) is 38.1 Å². The van der Waals surface area contributed by atoms with Crippen LogP contribution in [-0.4, -0.2) is 50.0 Å². The van der Waals surface area contributed by atoms with Crippen LogP contribution in [0, 0.1) is 17.8 Å². The van der Waals surface area contributed by atoms with Gasteiger partial charge in [-0.15, -0.1) is 5.92 Å². The van der Waals surface area contributed by atoms with Gasteiger partial charge in [0.15, 0.2) is 12.2 Å². The fraction of sp³-hybridized carbons (Fsp3) is 0.630. The van der Waals surface area contributed by atoms with Crippen LogP contribution in [0.4, 0.5) is 0 Å². The van der Waals surface area contributed by atoms with E-state index in [1.165, 1.54) is 11.1 Å². The first-order valence-corrected chi connectivity index (χ1v) is 12.5. The van der Waals surface area contributed by atoms with Gasteiger partial charge in [-0.25, -0.2) is 0 Å². The Balaban J connectivity index is 1.48. The Kier molecular flexibility index (Phi) is 7.32. The highest BCUT2D eigenvalue weighted by molar-refractivity contribution is 5.44. The molecule has 2 aliphatic carbocycles. The predicted molar refractivity (Wildman–Crippen MR) is 129 cm³/mol. The number of benzene rings is 1. The van der Waals surface area contributed by atoms with Crippen molar-refractivity contribution < 1.29 is 19.5 Å². The Morgan fingerprint density at radius 1 is 1.24 bits per heavy atom. The second-order valence-electron chi connectivity index (χ2n) is 9.64. The monoisotopic (exact) mass is 467 g/mol. The summed E-state index contributed by atoms with van der Waals surface area (Å²) in [6.45, 7) is 10.9. The average Bonchev–Trinajstić information content (AvgIpc) is 3.29. The molecule has 2 aliphatic rings. The average molecular weight is 468 g/mol. The van der Waals surface area contributed by atoms with Crippen LogP contribution in [0.25, 0.3) is 0 Å². The zero-order chi connectivity index (χ0) is 24.3. The van der Waals surface area contributed by atoms with Gasteiger partial charge in [-0.2, -0.15) is 4.98 Å². The van der Waals surface area contributed by atoms with Gasteiger partial charge in [0.05, 0.1) is 12.6 Å². The Bertz CT molecular complexity index is 1050. The first kappa shape index (κ1) is 24.7. The van der Waals surface area contributed by atoms with E-state index < -0.39 is 11.7 Å². The minimum Gasteiger partial charge on any atom is -0.485 e. The van der Waals surface area contributed by atoms with Crippen molar-refractivity contribution in [2.24, 2.45) is 5.92 Å². The summed E-state index contributed by atoms with van der Waals surface area (Å²) in [5.74, 6) is 7.90. The van der Waals surface area contributed by atoms with E-state index in [1.807, 2.05) is 6.07 Å². The van der Waals surface area contributed by atoms with Crippen molar-refractivity contribution in [3.8, 4) is 17.6 Å². The molecule has 7 nitrogen and oxygen atoms in total. The molecule has 1 saturated carbocycles. The molecule has 2 aromatic rings. The maximum atomic E-state index is 11.0. The summed E-state index contributed by atoms with van der Waals surface area (Å²) in [6.07, 6.45) is 2.96. The molecule has 34 heavy (non-hydrogen) atoms. The molecule has 1 aromatic heterocycles. The van der Waals surface area contributed by atoms with Crippen LogP contribution in [0.1, 0.15) is 76.2 Å². The number of aromatic nitrogens is 2. The normalized spacial score (nSPS) is 28.1. The van der Waals surface area contributed by atoms with Crippen molar-refractivity contribution in [2.75, 3.05) is 13.1 Å². The molecular formula is C27H37N3O4. The first-order chi connectivity index (χ1) is 16.4. The van der Waals surface area contributed by atoms with Crippen molar-refractivity contribution in [1.82, 2.24) is 15.0 Å². The van der Waals surface area contributed by atoms with Crippen LogP contribution in [0.5, 0.6) is 5.75 Å². The molecule has 0 saturated heterocycles. The van der Waals surface area contributed by atoms with Crippen LogP contribution in [-0.2, 0) is 25.0 Å². The van der Waals surface area contributed by atoms with Crippen LogP contribution < -0.4 is 4.74 Å². The summed E-state index contributed by atoms with van der Waals surface area (Å²) >= 11 is 0. The minimum atomic E-state index is -1.31. The quantitative estimate of drug-likeness (QED) is 0.573. The van der Waals surface area contributed by atoms with Crippen molar-refractivity contribution in [2.45, 2.75) is 90.1 Å². The van der Waals surface area contributed by atoms with Crippen molar-refractivity contribution in [3.05, 3.63) is 41.0 Å². The van der Waals surface area contributed by atoms with E-state index >= 15 is 0 Å². The fourth-order valence-corrected chi connectivity index (χ4v) is 5.95. The van der Waals surface area contributed by atoms with Crippen molar-refractivity contribution in [1.29, 1.82) is 0 Å². The SMILES string of the molecule is CC#C[C@]1(O)C[C@H]2CCc3cc(OCc4noc(CN(CC)CC)n4)ccc3[C@]2(CC)C[C@@H]1O. The van der Waals surface area contributed by atoms with Gasteiger partial charge in [0, 0.05) is 5.41 Å². The van der Waals surface area contributed by atoms with Gasteiger partial charge in [-0.1, -0.05) is 37.9 Å². The molecule has 0 spiro atoms. The number of ether oxygens (including phenoxy) is 1. The van der Waals surface area contributed by atoms with Gasteiger partial charge in [-0.05, 0) is 81.3 Å². The Labute approximate surface area is 202 Å². The second kappa shape index (κ2) is 10.1. The minimum absolute atomic E-state index is 0.153. The molecule has 0 unspecified atom stereocenters. The number of rotatable bonds is 8. The van der Waals surface area contributed by atoms with E-state index in [0.29, 0.717) is 31.1 Å². The summed E-state index contributed by atoms with van der Waals surface area (Å²) in [7, 11) is 0. The number of nitrogens with zero attached hydrogens (tertiary/aromatic N) is 3. The molecule has 4 rings (SSSR count). The number of hydrogen-bond donors (Lipinski definition) is 2. The lowest BCUT2D eigenvalue weighted by molar-refractivity contribution is -0.106. The lowest BCUT2D eigenvalue weighted by atomic mass is 9.52. The number of aliphatic hydroxyl groups excluding tert-OH is 1. The van der Waals surface area contributed by atoms with Gasteiger partial charge >= 0.3 is 0 Å². The topological polar surface area (TPSA) is 91.9 Å². The lowest BCUT2D eigenvalue weighted by Gasteiger charge is -2.53. The van der Waals surface area contributed by atoms with E-state index in [1.54, 1.807) is 6.92 Å². The zero-order valence-electron chi connectivity index (χ0n) is 20.8. The van der Waals surface area contributed by atoms with Crippen LogP contribution in [0.3, 0.4) is 0 Å². The molecule has 4 atom stereocenters. The zero-order valence-corrected chi connectivity index (χ0v) is 20.8. The van der Waals surface area contributed by atoms with Gasteiger partial charge < -0.3 is 19.5 Å². The summed E-state index contributed by atoms with van der Waals surface area (Å²) in [4.78, 5) is 6.68. The highest BCUT2D eigenvalue weighted by Crippen LogP contribution is 2.54. The third-order valence-corrected chi connectivity index (χ3v) is 7.93. The molecule has 1 aromatic carbocycles. The number of fused-ring (bicyclic) bond motifs is 3. The standard InChI is InChI=1S/C27H37N3O4/c1-5-13-27(32)15-20-10-9-19-14-21(11-12-22(19)26(20,6-2)16-23(27)31)33-18-24-28-25(34-29-24)17-30(7-3)8-4/h11-12,14,20,23,31-32H,6-10,15-18H2,1-4H3/t20-,23+,26-,27+/m1/s1. The first-order valence-electron chi connectivity index (χ1n) is 12.5. The van der Waals surface area contributed by atoms with Gasteiger partial charge in [0.2, 0.25) is 11.7 Å². The summed E-state index contributed by atoms with van der Waals surface area (Å²) < 4.78 is 11.4. The van der Waals surface area contributed by atoms with Gasteiger partial charge in [-0.3, -0.25) is 4.90 Å². The maximum Gasteiger partial charge on any atom is 0.240 e. The van der Waals surface area contributed by atoms with Crippen LogP contribution >= 0.6 is 0 Å². The summed E-state index contributed by atoms with van der Waals surface area (Å²) in [5, 5.41) is 25.9. The molecule has 0 amide bonds. The van der Waals surface area contributed by atoms with Crippen LogP contribution in [0.2, 0.25) is 0 Å². The van der Waals surface area contributed by atoms with Gasteiger partial charge in [0.25, 0.3) is 0 Å². The third kappa shape index (κ3) is 4.59. The Morgan fingerprint density at radius 2 is 2.03 bits per heavy atom. The molecule has 0 bridgehead atoms. The van der Waals surface area contributed by atoms with Crippen LogP contribution in [0.15, 0.2) is 22.7 Å². The van der Waals surface area contributed by atoms with Crippen molar-refractivity contribution in [3.63, 3.8) is 0 Å². The molecule has 1 fully saturated rings. The van der Waals surface area contributed by atoms with E-state index in [-0.39, 0.29) is 17.9 Å². The summed E-state index contributed by atoms with van der Waals surface area (Å²) in [6, 6.07) is 6.25. The molecule has 7 heteroatoms. The molecule has 0 radical (unpaired) electrons. The molecular weight excluding hydrogens is 430 g/mol. The Hall–Kier alpha value is -2.40. The lowest BCUT2D eigenvalue weighted by Crippen LogP contribution is -2.57. The highest BCUT2D eigenvalue weighted by atomic mass is 16.5. The predicted octanol–water partition coefficient (Wildman–Crippen LogP) is 3.61. The molecule has 1 heterocycles. The number of aryl methyl sites for hydroxylation is 1. The largest absolute Gasteiger partial charge is 0.485 e. The Morgan fingerprint density at radius 3 is 2.74 bits per heavy atom. The maximum absolute atomic E-state index is 11.0. The molecule has 0 aliphatic heterocycles. The van der Waals surface area contributed by atoms with E-state index in [2.05, 4.69) is 59.8 Å². The third-order valence-electron chi connectivity index (χ3n) is 7.93. The van der Waals surface area contributed by atoms with Crippen molar-refractivity contribution >= 4 is 0 Å². The van der Waals surface area contributed by atoms with Gasteiger partial charge in [0.1, 0.15) is 5.75 Å².